The average molecular weight is 554 g/mol. The van der Waals surface area contributed by atoms with Crippen molar-refractivity contribution in [1.29, 1.82) is 0 Å². The van der Waals surface area contributed by atoms with Gasteiger partial charge in [-0.15, -0.1) is 0 Å². The monoisotopic (exact) mass is 553 g/mol. The van der Waals surface area contributed by atoms with Crippen LogP contribution in [0, 0.1) is 6.92 Å². The number of aromatic nitrogens is 2. The van der Waals surface area contributed by atoms with E-state index in [0.717, 1.165) is 77.8 Å². The van der Waals surface area contributed by atoms with Crippen molar-refractivity contribution >= 4 is 34.3 Å². The topological polar surface area (TPSA) is 87.6 Å². The first-order chi connectivity index (χ1) is 20.0. The van der Waals surface area contributed by atoms with Crippen molar-refractivity contribution in [2.45, 2.75) is 19.9 Å². The van der Waals surface area contributed by atoms with E-state index < -0.39 is 0 Å². The lowest BCUT2D eigenvalue weighted by atomic mass is 10.1. The number of allylic oxidation sites excluding steroid dienone is 2. The largest absolute Gasteiger partial charge is 0.488 e. The number of nitrogens with zero attached hydrogens (tertiary/aromatic N) is 6. The molecule has 1 aromatic heterocycles. The lowest BCUT2D eigenvalue weighted by molar-refractivity contribution is 0.119. The van der Waals surface area contributed by atoms with E-state index in [4.69, 9.17) is 14.2 Å². The molecule has 1 saturated heterocycles. The summed E-state index contributed by atoms with van der Waals surface area (Å²) < 4.78 is 17.9. The first kappa shape index (κ1) is 26.8. The standard InChI is InChI=1S/C31H35N7O3/c1-5-34-38-11-10-25(17-22(38)3)41-28-9-6-23(16-21(28)2)35-31-29-26(32-20-33-31)7-8-27-30(29)40-19-24-18-36(14-15-39-4)12-13-37(24)27/h5-11,16-17,20,24H,3,12-15,18-19H2,1-2,4H3,(H,32,33,35)/b34-5-. The van der Waals surface area contributed by atoms with Crippen LogP contribution in [0.25, 0.3) is 10.9 Å². The zero-order valence-corrected chi connectivity index (χ0v) is 23.7. The van der Waals surface area contributed by atoms with Gasteiger partial charge in [0.2, 0.25) is 0 Å². The molecule has 1 fully saturated rings. The molecule has 1 N–H and O–H groups in total. The maximum Gasteiger partial charge on any atom is 0.155 e. The van der Waals surface area contributed by atoms with Gasteiger partial charge in [0, 0.05) is 57.5 Å². The van der Waals surface area contributed by atoms with Crippen molar-refractivity contribution in [3.05, 3.63) is 78.6 Å². The molecule has 0 amide bonds. The van der Waals surface area contributed by atoms with Gasteiger partial charge in [0.05, 0.1) is 34.9 Å². The predicted molar refractivity (Wildman–Crippen MR) is 162 cm³/mol. The Hall–Kier alpha value is -4.41. The van der Waals surface area contributed by atoms with Gasteiger partial charge in [-0.25, -0.2) is 15.0 Å². The Morgan fingerprint density at radius 1 is 1.22 bits per heavy atom. The Morgan fingerprint density at radius 3 is 2.93 bits per heavy atom. The van der Waals surface area contributed by atoms with Crippen molar-refractivity contribution < 1.29 is 14.2 Å². The first-order valence-electron chi connectivity index (χ1n) is 13.8. The third-order valence-electron chi connectivity index (χ3n) is 7.53. The molecule has 212 valence electrons. The number of aryl methyl sites for hydroxylation is 1. The fourth-order valence-corrected chi connectivity index (χ4v) is 5.48. The molecule has 10 heteroatoms. The Balaban J connectivity index is 1.22. The number of anilines is 3. The van der Waals surface area contributed by atoms with E-state index in [9.17, 15) is 0 Å². The number of piperazine rings is 1. The summed E-state index contributed by atoms with van der Waals surface area (Å²) in [5.74, 6) is 3.00. The maximum atomic E-state index is 6.42. The molecular weight excluding hydrogens is 518 g/mol. The summed E-state index contributed by atoms with van der Waals surface area (Å²) in [5, 5.41) is 10.3. The molecule has 4 heterocycles. The third kappa shape index (κ3) is 5.48. The second kappa shape index (κ2) is 11.6. The number of benzene rings is 2. The predicted octanol–water partition coefficient (Wildman–Crippen LogP) is 4.82. The molecule has 1 unspecified atom stereocenters. The molecule has 0 saturated carbocycles. The maximum absolute atomic E-state index is 6.42. The average Bonchev–Trinajstić information content (AvgIpc) is 2.98. The van der Waals surface area contributed by atoms with E-state index in [-0.39, 0.29) is 0 Å². The smallest absolute Gasteiger partial charge is 0.155 e. The summed E-state index contributed by atoms with van der Waals surface area (Å²) in [6, 6.07) is 10.5. The van der Waals surface area contributed by atoms with Crippen LogP contribution in [0.3, 0.4) is 0 Å². The Morgan fingerprint density at radius 2 is 2.12 bits per heavy atom. The molecule has 0 spiro atoms. The Labute approximate surface area is 240 Å². The molecule has 0 aliphatic carbocycles. The Bertz CT molecular complexity index is 1550. The lowest BCUT2D eigenvalue weighted by Crippen LogP contribution is -2.57. The van der Waals surface area contributed by atoms with Crippen LogP contribution in [-0.4, -0.2) is 78.6 Å². The number of hydrogen-bond acceptors (Lipinski definition) is 10. The van der Waals surface area contributed by atoms with Crippen LogP contribution < -0.4 is 19.7 Å². The quantitative estimate of drug-likeness (QED) is 0.395. The van der Waals surface area contributed by atoms with Gasteiger partial charge in [-0.1, -0.05) is 6.58 Å². The highest BCUT2D eigenvalue weighted by molar-refractivity contribution is 6.00. The molecule has 0 bridgehead atoms. The Kier molecular flexibility index (Phi) is 7.58. The molecule has 1 atom stereocenters. The van der Waals surface area contributed by atoms with E-state index >= 15 is 0 Å². The van der Waals surface area contributed by atoms with Crippen molar-refractivity contribution in [3.63, 3.8) is 0 Å². The van der Waals surface area contributed by atoms with E-state index in [1.54, 1.807) is 24.7 Å². The number of rotatable bonds is 8. The molecule has 2 aromatic carbocycles. The number of hydrazone groups is 1. The number of methoxy groups -OCH3 is 1. The van der Waals surface area contributed by atoms with Gasteiger partial charge in [0.1, 0.15) is 30.3 Å². The fourth-order valence-electron chi connectivity index (χ4n) is 5.48. The second-order valence-corrected chi connectivity index (χ2v) is 10.3. The van der Waals surface area contributed by atoms with Gasteiger partial charge in [0.15, 0.2) is 5.75 Å². The van der Waals surface area contributed by atoms with Crippen LogP contribution in [0.2, 0.25) is 0 Å². The minimum absolute atomic E-state index is 0.301. The normalized spacial score (nSPS) is 18.8. The van der Waals surface area contributed by atoms with Gasteiger partial charge in [0.25, 0.3) is 0 Å². The molecule has 3 aliphatic heterocycles. The summed E-state index contributed by atoms with van der Waals surface area (Å²) in [6.07, 6.45) is 8.86. The van der Waals surface area contributed by atoms with Crippen molar-refractivity contribution in [1.82, 2.24) is 19.9 Å². The highest BCUT2D eigenvalue weighted by atomic mass is 16.5. The van der Waals surface area contributed by atoms with Crippen molar-refractivity contribution in [3.8, 4) is 11.5 Å². The van der Waals surface area contributed by atoms with Crippen LogP contribution in [0.4, 0.5) is 17.2 Å². The SMILES string of the molecule is C=C1C=C(Oc2ccc(Nc3ncnc4ccc5c(c34)OCC3CN(CCOC)CCN53)cc2C)C=CN1/N=C\C. The number of hydrogen-bond donors (Lipinski definition) is 1. The van der Waals surface area contributed by atoms with Crippen molar-refractivity contribution in [2.24, 2.45) is 5.10 Å². The van der Waals surface area contributed by atoms with E-state index in [1.165, 1.54) is 0 Å². The van der Waals surface area contributed by atoms with Crippen LogP contribution >= 0.6 is 0 Å². The highest BCUT2D eigenvalue weighted by Gasteiger charge is 2.34. The van der Waals surface area contributed by atoms with Gasteiger partial charge in [-0.2, -0.15) is 5.10 Å². The van der Waals surface area contributed by atoms with E-state index in [2.05, 4.69) is 48.9 Å². The lowest BCUT2D eigenvalue weighted by Gasteiger charge is -2.45. The second-order valence-electron chi connectivity index (χ2n) is 10.3. The first-order valence-corrected chi connectivity index (χ1v) is 13.8. The molecule has 3 aromatic rings. The minimum atomic E-state index is 0.301. The van der Waals surface area contributed by atoms with Gasteiger partial charge >= 0.3 is 0 Å². The fraction of sp³-hybridized carbons (Fsp3) is 0.323. The summed E-state index contributed by atoms with van der Waals surface area (Å²) in [7, 11) is 1.75. The minimum Gasteiger partial charge on any atom is -0.488 e. The molecule has 10 nitrogen and oxygen atoms in total. The van der Waals surface area contributed by atoms with Crippen LogP contribution in [0.15, 0.2) is 78.1 Å². The number of ether oxygens (including phenoxy) is 3. The summed E-state index contributed by atoms with van der Waals surface area (Å²) in [5.41, 5.74) is 4.55. The molecule has 3 aliphatic rings. The highest BCUT2D eigenvalue weighted by Crippen LogP contribution is 2.43. The van der Waals surface area contributed by atoms with E-state index in [1.807, 2.05) is 50.4 Å². The van der Waals surface area contributed by atoms with Gasteiger partial charge in [-0.05, 0) is 55.8 Å². The van der Waals surface area contributed by atoms with Crippen LogP contribution in [0.1, 0.15) is 12.5 Å². The third-order valence-corrected chi connectivity index (χ3v) is 7.53. The van der Waals surface area contributed by atoms with Crippen LogP contribution in [0.5, 0.6) is 11.5 Å². The summed E-state index contributed by atoms with van der Waals surface area (Å²) in [4.78, 5) is 14.1. The molecular formula is C31H35N7O3. The van der Waals surface area contributed by atoms with Crippen molar-refractivity contribution in [2.75, 3.05) is 56.7 Å². The summed E-state index contributed by atoms with van der Waals surface area (Å²) >= 11 is 0. The van der Waals surface area contributed by atoms with Gasteiger partial charge in [-0.3, -0.25) is 4.90 Å². The molecule has 0 radical (unpaired) electrons. The van der Waals surface area contributed by atoms with E-state index in [0.29, 0.717) is 24.2 Å². The molecule has 6 rings (SSSR count). The van der Waals surface area contributed by atoms with Crippen LogP contribution in [-0.2, 0) is 4.74 Å². The zero-order chi connectivity index (χ0) is 28.3. The zero-order valence-electron chi connectivity index (χ0n) is 23.7. The number of nitrogens with one attached hydrogen (secondary N) is 1. The number of fused-ring (bicyclic) bond motifs is 5. The molecule has 41 heavy (non-hydrogen) atoms. The summed E-state index contributed by atoms with van der Waals surface area (Å²) in [6.45, 7) is 13.1. The van der Waals surface area contributed by atoms with Gasteiger partial charge < -0.3 is 24.4 Å².